The van der Waals surface area contributed by atoms with Crippen molar-refractivity contribution in [3.8, 4) is 0 Å². The Labute approximate surface area is 117 Å². The Balaban J connectivity index is 0.000000293. The molecule has 2 rings (SSSR count). The Hall–Kier alpha value is -2.82. The van der Waals surface area contributed by atoms with Gasteiger partial charge in [-0.1, -0.05) is 36.4 Å². The topological polar surface area (TPSA) is 101 Å². The molecule has 2 aromatic carbocycles. The Morgan fingerprint density at radius 1 is 0.850 bits per heavy atom. The average molecular weight is 275 g/mol. The summed E-state index contributed by atoms with van der Waals surface area (Å²) in [5.74, 6) is -1.71. The van der Waals surface area contributed by atoms with Gasteiger partial charge in [-0.25, -0.2) is 4.79 Å². The van der Waals surface area contributed by atoms with Gasteiger partial charge in [0.15, 0.2) is 0 Å². The summed E-state index contributed by atoms with van der Waals surface area (Å²) in [6.07, 6.45) is 0. The third-order valence-corrected chi connectivity index (χ3v) is 1.82. The van der Waals surface area contributed by atoms with Gasteiger partial charge in [0.25, 0.3) is 5.97 Å². The highest BCUT2D eigenvalue weighted by atomic mass is 16.4. The van der Waals surface area contributed by atoms with E-state index >= 15 is 0 Å². The molecule has 0 atom stereocenters. The van der Waals surface area contributed by atoms with E-state index in [0.29, 0.717) is 5.56 Å². The molecule has 0 aliphatic carbocycles. The summed E-state index contributed by atoms with van der Waals surface area (Å²) in [4.78, 5) is 19.2. The van der Waals surface area contributed by atoms with Crippen LogP contribution in [0.15, 0.2) is 60.7 Å². The van der Waals surface area contributed by atoms with Crippen molar-refractivity contribution in [3.63, 3.8) is 0 Å². The second-order valence-corrected chi connectivity index (χ2v) is 3.60. The predicted molar refractivity (Wildman–Crippen MR) is 77.6 cm³/mol. The second kappa shape index (κ2) is 10.1. The van der Waals surface area contributed by atoms with Crippen LogP contribution in [0.5, 0.6) is 0 Å². The fourth-order valence-corrected chi connectivity index (χ4v) is 1.03. The predicted octanol–water partition coefficient (Wildman–Crippen LogP) is 2.74. The van der Waals surface area contributed by atoms with E-state index in [1.54, 1.807) is 30.3 Å². The zero-order valence-corrected chi connectivity index (χ0v) is 11.1. The molecule has 0 aromatic heterocycles. The van der Waals surface area contributed by atoms with Crippen molar-refractivity contribution >= 4 is 17.6 Å². The highest BCUT2D eigenvalue weighted by Gasteiger charge is 1.96. The average Bonchev–Trinajstić information content (AvgIpc) is 2.41. The van der Waals surface area contributed by atoms with Crippen LogP contribution in [0.1, 0.15) is 17.3 Å². The molecule has 0 saturated heterocycles. The van der Waals surface area contributed by atoms with Crippen molar-refractivity contribution in [2.45, 2.75) is 6.92 Å². The smallest absolute Gasteiger partial charge is 0.335 e. The molecule has 4 N–H and O–H groups in total. The van der Waals surface area contributed by atoms with E-state index in [9.17, 15) is 4.79 Å². The summed E-state index contributed by atoms with van der Waals surface area (Å²) in [6, 6.07) is 17.8. The number of para-hydroxylation sites is 1. The SMILES string of the molecule is CC(=O)O.Nc1ccccc1.O=C(O)c1ccccc1. The van der Waals surface area contributed by atoms with Gasteiger partial charge in [-0.2, -0.15) is 0 Å². The zero-order valence-electron chi connectivity index (χ0n) is 11.1. The van der Waals surface area contributed by atoms with Gasteiger partial charge >= 0.3 is 5.97 Å². The quantitative estimate of drug-likeness (QED) is 0.695. The fraction of sp³-hybridized carbons (Fsp3) is 0.0667. The van der Waals surface area contributed by atoms with Gasteiger partial charge in [-0.15, -0.1) is 0 Å². The van der Waals surface area contributed by atoms with Crippen LogP contribution in [-0.2, 0) is 4.79 Å². The molecule has 0 bridgehead atoms. The lowest BCUT2D eigenvalue weighted by Gasteiger charge is -1.88. The normalized spacial score (nSPS) is 8.25. The minimum absolute atomic E-state index is 0.331. The molecule has 20 heavy (non-hydrogen) atoms. The zero-order chi connectivity index (χ0) is 15.4. The monoisotopic (exact) mass is 275 g/mol. The van der Waals surface area contributed by atoms with Crippen molar-refractivity contribution in [2.75, 3.05) is 5.73 Å². The largest absolute Gasteiger partial charge is 0.481 e. The third-order valence-electron chi connectivity index (χ3n) is 1.82. The van der Waals surface area contributed by atoms with Crippen LogP contribution in [0.4, 0.5) is 5.69 Å². The number of aromatic carboxylic acids is 1. The number of benzene rings is 2. The highest BCUT2D eigenvalue weighted by Crippen LogP contribution is 1.96. The second-order valence-electron chi connectivity index (χ2n) is 3.60. The van der Waals surface area contributed by atoms with Crippen LogP contribution in [0.25, 0.3) is 0 Å². The first-order valence-electron chi connectivity index (χ1n) is 5.72. The lowest BCUT2D eigenvalue weighted by atomic mass is 10.2. The molecule has 0 unspecified atom stereocenters. The van der Waals surface area contributed by atoms with Crippen LogP contribution >= 0.6 is 0 Å². The third kappa shape index (κ3) is 10.3. The van der Waals surface area contributed by atoms with Gasteiger partial charge in [0.05, 0.1) is 5.56 Å². The van der Waals surface area contributed by atoms with E-state index in [2.05, 4.69) is 0 Å². The van der Waals surface area contributed by atoms with Crippen LogP contribution < -0.4 is 5.73 Å². The molecule has 5 nitrogen and oxygen atoms in total. The molecular weight excluding hydrogens is 258 g/mol. The molecular formula is C15H17NO4. The number of carboxylic acid groups (broad SMARTS) is 2. The van der Waals surface area contributed by atoms with Crippen molar-refractivity contribution in [2.24, 2.45) is 0 Å². The summed E-state index contributed by atoms with van der Waals surface area (Å²) in [6.45, 7) is 1.08. The number of anilines is 1. The Kier molecular flexibility index (Phi) is 8.71. The van der Waals surface area contributed by atoms with Crippen LogP contribution in [0, 0.1) is 0 Å². The van der Waals surface area contributed by atoms with E-state index in [1.807, 2.05) is 30.3 Å². The molecule has 0 amide bonds. The maximum Gasteiger partial charge on any atom is 0.335 e. The number of carbonyl (C=O) groups is 2. The molecule has 0 spiro atoms. The van der Waals surface area contributed by atoms with Gasteiger partial charge in [0.1, 0.15) is 0 Å². The standard InChI is InChI=1S/C7H6O2.C6H7N.C2H4O2/c8-7(9)6-4-2-1-3-5-6;7-6-4-2-1-3-5-6;1-2(3)4/h1-5H,(H,8,9);1-5H,7H2;1H3,(H,3,4). The van der Waals surface area contributed by atoms with E-state index in [0.717, 1.165) is 12.6 Å². The molecule has 0 radical (unpaired) electrons. The maximum atomic E-state index is 10.2. The molecule has 106 valence electrons. The van der Waals surface area contributed by atoms with Crippen molar-refractivity contribution < 1.29 is 19.8 Å². The number of carboxylic acids is 2. The van der Waals surface area contributed by atoms with E-state index < -0.39 is 11.9 Å². The Morgan fingerprint density at radius 2 is 1.20 bits per heavy atom. The van der Waals surface area contributed by atoms with Crippen LogP contribution in [0.2, 0.25) is 0 Å². The Bertz CT molecular complexity index is 508. The maximum absolute atomic E-state index is 10.2. The molecule has 0 aliphatic heterocycles. The molecule has 5 heteroatoms. The number of nitrogen functional groups attached to an aromatic ring is 1. The van der Waals surface area contributed by atoms with Crippen molar-refractivity contribution in [3.05, 3.63) is 66.2 Å². The van der Waals surface area contributed by atoms with Gasteiger partial charge in [-0.05, 0) is 24.3 Å². The van der Waals surface area contributed by atoms with Crippen molar-refractivity contribution in [1.29, 1.82) is 0 Å². The van der Waals surface area contributed by atoms with Crippen molar-refractivity contribution in [1.82, 2.24) is 0 Å². The molecule has 2 aromatic rings. The fourth-order valence-electron chi connectivity index (χ4n) is 1.03. The molecule has 0 fully saturated rings. The summed E-state index contributed by atoms with van der Waals surface area (Å²) in [5, 5.41) is 15.8. The molecule has 0 heterocycles. The van der Waals surface area contributed by atoms with Crippen LogP contribution in [0.3, 0.4) is 0 Å². The van der Waals surface area contributed by atoms with Crippen LogP contribution in [-0.4, -0.2) is 22.2 Å². The summed E-state index contributed by atoms with van der Waals surface area (Å²) in [7, 11) is 0. The highest BCUT2D eigenvalue weighted by molar-refractivity contribution is 5.87. The first-order valence-corrected chi connectivity index (χ1v) is 5.72. The van der Waals surface area contributed by atoms with Gasteiger partial charge in [0, 0.05) is 12.6 Å². The first kappa shape index (κ1) is 17.2. The summed E-state index contributed by atoms with van der Waals surface area (Å²) in [5.41, 5.74) is 6.51. The van der Waals surface area contributed by atoms with Gasteiger partial charge < -0.3 is 15.9 Å². The number of aliphatic carboxylic acids is 1. The Morgan fingerprint density at radius 3 is 1.40 bits per heavy atom. The lowest BCUT2D eigenvalue weighted by molar-refractivity contribution is -0.134. The number of rotatable bonds is 1. The summed E-state index contributed by atoms with van der Waals surface area (Å²) < 4.78 is 0. The first-order chi connectivity index (χ1) is 9.43. The summed E-state index contributed by atoms with van der Waals surface area (Å²) >= 11 is 0. The van der Waals surface area contributed by atoms with Gasteiger partial charge in [-0.3, -0.25) is 4.79 Å². The van der Waals surface area contributed by atoms with Gasteiger partial charge in [0.2, 0.25) is 0 Å². The number of hydrogen-bond donors (Lipinski definition) is 3. The minimum Gasteiger partial charge on any atom is -0.481 e. The lowest BCUT2D eigenvalue weighted by Crippen LogP contribution is -1.93. The molecule has 0 aliphatic rings. The van der Waals surface area contributed by atoms with E-state index in [-0.39, 0.29) is 0 Å². The molecule has 0 saturated carbocycles. The number of hydrogen-bond acceptors (Lipinski definition) is 3. The minimum atomic E-state index is -0.879. The van der Waals surface area contributed by atoms with E-state index in [1.165, 1.54) is 0 Å². The van der Waals surface area contributed by atoms with E-state index in [4.69, 9.17) is 20.7 Å². The number of nitrogens with two attached hydrogens (primary N) is 1.